The summed E-state index contributed by atoms with van der Waals surface area (Å²) in [6.07, 6.45) is 0.810. The normalized spacial score (nSPS) is 17.7. The number of fused-ring (bicyclic) bond motifs is 1. The van der Waals surface area contributed by atoms with E-state index in [4.69, 9.17) is 4.74 Å². The summed E-state index contributed by atoms with van der Waals surface area (Å²) in [6, 6.07) is 12.1. The average molecular weight is 451 g/mol. The molecule has 1 amide bonds. The van der Waals surface area contributed by atoms with Crippen LogP contribution in [0.3, 0.4) is 0 Å². The molecule has 0 saturated carbocycles. The van der Waals surface area contributed by atoms with E-state index in [1.807, 2.05) is 18.2 Å². The van der Waals surface area contributed by atoms with E-state index in [9.17, 15) is 13.2 Å². The zero-order valence-corrected chi connectivity index (χ0v) is 17.0. The second-order valence-electron chi connectivity index (χ2n) is 6.52. The molecule has 0 radical (unpaired) electrons. The van der Waals surface area contributed by atoms with Gasteiger partial charge in [-0.25, -0.2) is 8.42 Å². The van der Waals surface area contributed by atoms with Crippen LogP contribution in [0.2, 0.25) is 0 Å². The molecule has 8 heteroatoms. The van der Waals surface area contributed by atoms with E-state index in [2.05, 4.69) is 15.9 Å². The number of benzene rings is 2. The van der Waals surface area contributed by atoms with Gasteiger partial charge in [-0.3, -0.25) is 4.79 Å². The van der Waals surface area contributed by atoms with Crippen LogP contribution in [0.25, 0.3) is 0 Å². The molecule has 6 nitrogen and oxygen atoms in total. The van der Waals surface area contributed by atoms with Gasteiger partial charge in [0.1, 0.15) is 0 Å². The van der Waals surface area contributed by atoms with Crippen molar-refractivity contribution in [2.45, 2.75) is 11.3 Å². The minimum Gasteiger partial charge on any atom is -0.379 e. The summed E-state index contributed by atoms with van der Waals surface area (Å²) in [6.45, 7) is 2.13. The third-order valence-electron chi connectivity index (χ3n) is 4.89. The van der Waals surface area contributed by atoms with Crippen LogP contribution in [0.5, 0.6) is 0 Å². The van der Waals surface area contributed by atoms with Gasteiger partial charge in [0.05, 0.1) is 18.1 Å². The third kappa shape index (κ3) is 3.54. The SMILES string of the molecule is O=C(c1ccc(S(=O)(=O)N2CCOCC2)cc1)N1CCc2cc(Br)ccc21. The highest BCUT2D eigenvalue weighted by Gasteiger charge is 2.28. The molecule has 2 heterocycles. The van der Waals surface area contributed by atoms with Crippen LogP contribution in [0, 0.1) is 0 Å². The predicted octanol–water partition coefficient (Wildman–Crippen LogP) is 2.67. The first-order valence-corrected chi connectivity index (χ1v) is 11.0. The van der Waals surface area contributed by atoms with Gasteiger partial charge in [0.25, 0.3) is 5.91 Å². The molecular formula is C19H19BrN2O4S. The molecule has 0 unspecified atom stereocenters. The lowest BCUT2D eigenvalue weighted by molar-refractivity contribution is 0.0730. The maximum Gasteiger partial charge on any atom is 0.258 e. The fourth-order valence-electron chi connectivity index (χ4n) is 3.44. The van der Waals surface area contributed by atoms with Crippen molar-refractivity contribution in [3.63, 3.8) is 0 Å². The van der Waals surface area contributed by atoms with Crippen LogP contribution in [0.4, 0.5) is 5.69 Å². The van der Waals surface area contributed by atoms with Gasteiger partial charge in [-0.05, 0) is 54.4 Å². The number of nitrogens with zero attached hydrogens (tertiary/aromatic N) is 2. The molecular weight excluding hydrogens is 432 g/mol. The number of sulfonamides is 1. The second kappa shape index (κ2) is 7.35. The van der Waals surface area contributed by atoms with Crippen LogP contribution in [-0.4, -0.2) is 51.5 Å². The second-order valence-corrected chi connectivity index (χ2v) is 9.37. The third-order valence-corrected chi connectivity index (χ3v) is 7.30. The number of hydrogen-bond acceptors (Lipinski definition) is 4. The number of halogens is 1. The van der Waals surface area contributed by atoms with Crippen molar-refractivity contribution in [3.8, 4) is 0 Å². The smallest absolute Gasteiger partial charge is 0.258 e. The first-order valence-electron chi connectivity index (χ1n) is 8.75. The highest BCUT2D eigenvalue weighted by Crippen LogP contribution is 2.31. The summed E-state index contributed by atoms with van der Waals surface area (Å²) in [7, 11) is -3.55. The number of morpholine rings is 1. The standard InChI is InChI=1S/C19H19BrN2O4S/c20-16-3-6-18-15(13-16)7-8-22(18)19(23)14-1-4-17(5-2-14)27(24,25)21-9-11-26-12-10-21/h1-6,13H,7-12H2. The van der Waals surface area contributed by atoms with Gasteiger partial charge in [-0.1, -0.05) is 15.9 Å². The lowest BCUT2D eigenvalue weighted by Crippen LogP contribution is -2.40. The predicted molar refractivity (Wildman–Crippen MR) is 106 cm³/mol. The summed E-state index contributed by atoms with van der Waals surface area (Å²) in [4.78, 5) is 14.8. The lowest BCUT2D eigenvalue weighted by Gasteiger charge is -2.26. The Hall–Kier alpha value is -1.74. The van der Waals surface area contributed by atoms with Crippen molar-refractivity contribution in [1.29, 1.82) is 0 Å². The lowest BCUT2D eigenvalue weighted by atomic mass is 10.1. The molecule has 27 heavy (non-hydrogen) atoms. The van der Waals surface area contributed by atoms with Crippen LogP contribution in [0.15, 0.2) is 51.8 Å². The number of carbonyl (C=O) groups is 1. The molecule has 0 N–H and O–H groups in total. The zero-order valence-electron chi connectivity index (χ0n) is 14.6. The van der Waals surface area contributed by atoms with Crippen molar-refractivity contribution < 1.29 is 17.9 Å². The van der Waals surface area contributed by atoms with Gasteiger partial charge in [0, 0.05) is 35.4 Å². The molecule has 142 valence electrons. The Labute approximate surface area is 166 Å². The minimum atomic E-state index is -3.55. The molecule has 0 aromatic heterocycles. The maximum absolute atomic E-state index is 12.9. The summed E-state index contributed by atoms with van der Waals surface area (Å²) in [5.41, 5.74) is 2.52. The molecule has 2 aliphatic rings. The van der Waals surface area contributed by atoms with Crippen LogP contribution in [0.1, 0.15) is 15.9 Å². The molecule has 0 bridgehead atoms. The molecule has 1 saturated heterocycles. The first-order chi connectivity index (χ1) is 13.0. The van der Waals surface area contributed by atoms with Gasteiger partial charge in [0.15, 0.2) is 0 Å². The molecule has 0 spiro atoms. The molecule has 1 fully saturated rings. The fourth-order valence-corrected chi connectivity index (χ4v) is 5.26. The Morgan fingerprint density at radius 1 is 1.00 bits per heavy atom. The van der Waals surface area contributed by atoms with Gasteiger partial charge in [0.2, 0.25) is 10.0 Å². The van der Waals surface area contributed by atoms with E-state index in [1.54, 1.807) is 17.0 Å². The monoisotopic (exact) mass is 450 g/mol. The molecule has 4 rings (SSSR count). The number of ether oxygens (including phenoxy) is 1. The summed E-state index contributed by atoms with van der Waals surface area (Å²) < 4.78 is 33.0. The van der Waals surface area contributed by atoms with E-state index in [1.165, 1.54) is 16.4 Å². The highest BCUT2D eigenvalue weighted by molar-refractivity contribution is 9.10. The van der Waals surface area contributed by atoms with Crippen molar-refractivity contribution in [2.24, 2.45) is 0 Å². The van der Waals surface area contributed by atoms with Crippen molar-refractivity contribution in [1.82, 2.24) is 4.31 Å². The van der Waals surface area contributed by atoms with Crippen LogP contribution in [-0.2, 0) is 21.2 Å². The van der Waals surface area contributed by atoms with E-state index in [0.29, 0.717) is 38.4 Å². The van der Waals surface area contributed by atoms with Crippen molar-refractivity contribution in [3.05, 3.63) is 58.1 Å². The highest BCUT2D eigenvalue weighted by atomic mass is 79.9. The Morgan fingerprint density at radius 3 is 2.41 bits per heavy atom. The quantitative estimate of drug-likeness (QED) is 0.720. The minimum absolute atomic E-state index is 0.119. The Balaban J connectivity index is 1.55. The Kier molecular flexibility index (Phi) is 5.07. The van der Waals surface area contributed by atoms with E-state index < -0.39 is 10.0 Å². The van der Waals surface area contributed by atoms with Crippen molar-refractivity contribution >= 4 is 37.5 Å². The number of amides is 1. The largest absolute Gasteiger partial charge is 0.379 e. The van der Waals surface area contributed by atoms with Crippen LogP contribution >= 0.6 is 15.9 Å². The van der Waals surface area contributed by atoms with Gasteiger partial charge >= 0.3 is 0 Å². The number of anilines is 1. The fraction of sp³-hybridized carbons (Fsp3) is 0.316. The molecule has 0 atom stereocenters. The number of carbonyl (C=O) groups excluding carboxylic acids is 1. The molecule has 2 aromatic rings. The Morgan fingerprint density at radius 2 is 1.70 bits per heavy atom. The maximum atomic E-state index is 12.9. The van der Waals surface area contributed by atoms with E-state index in [-0.39, 0.29) is 10.8 Å². The Bertz CT molecular complexity index is 970. The zero-order chi connectivity index (χ0) is 19.0. The number of rotatable bonds is 3. The summed E-state index contributed by atoms with van der Waals surface area (Å²) in [5.74, 6) is -0.119. The number of hydrogen-bond donors (Lipinski definition) is 0. The van der Waals surface area contributed by atoms with Crippen molar-refractivity contribution in [2.75, 3.05) is 37.7 Å². The first kappa shape index (κ1) is 18.6. The molecule has 0 aliphatic carbocycles. The molecule has 2 aliphatic heterocycles. The topological polar surface area (TPSA) is 66.9 Å². The van der Waals surface area contributed by atoms with E-state index in [0.717, 1.165) is 22.1 Å². The average Bonchev–Trinajstić information content (AvgIpc) is 3.11. The van der Waals surface area contributed by atoms with Gasteiger partial charge in [-0.15, -0.1) is 0 Å². The van der Waals surface area contributed by atoms with Gasteiger partial charge < -0.3 is 9.64 Å². The van der Waals surface area contributed by atoms with E-state index >= 15 is 0 Å². The van der Waals surface area contributed by atoms with Crippen LogP contribution < -0.4 is 4.90 Å². The summed E-state index contributed by atoms with van der Waals surface area (Å²) >= 11 is 3.45. The van der Waals surface area contributed by atoms with Gasteiger partial charge in [-0.2, -0.15) is 4.31 Å². The summed E-state index contributed by atoms with van der Waals surface area (Å²) in [5, 5.41) is 0. The molecule has 2 aromatic carbocycles.